The first-order chi connectivity index (χ1) is 9.11. The summed E-state index contributed by atoms with van der Waals surface area (Å²) in [6.07, 6.45) is 1.12. The van der Waals surface area contributed by atoms with Crippen LogP contribution in [-0.2, 0) is 0 Å². The van der Waals surface area contributed by atoms with E-state index in [1.807, 2.05) is 4.90 Å². The van der Waals surface area contributed by atoms with E-state index in [-0.39, 0.29) is 11.7 Å². The lowest BCUT2D eigenvalue weighted by Crippen LogP contribution is -2.51. The second kappa shape index (κ2) is 6.15. The molecule has 3 nitrogen and oxygen atoms in total. The van der Waals surface area contributed by atoms with E-state index < -0.39 is 0 Å². The molecule has 1 aromatic carbocycles. The van der Waals surface area contributed by atoms with Crippen LogP contribution in [0.25, 0.3) is 0 Å². The second-order valence-electron chi connectivity index (χ2n) is 5.10. The minimum Gasteiger partial charge on any atom is -0.336 e. The molecule has 0 aliphatic carbocycles. The molecule has 0 saturated carbocycles. The minimum atomic E-state index is -0.357. The summed E-state index contributed by atoms with van der Waals surface area (Å²) in [5.41, 5.74) is 0.442. The van der Waals surface area contributed by atoms with Gasteiger partial charge in [-0.2, -0.15) is 0 Å². The summed E-state index contributed by atoms with van der Waals surface area (Å²) in [5, 5.41) is 0. The summed E-state index contributed by atoms with van der Waals surface area (Å²) in [6.45, 7) is 7.63. The number of amides is 1. The van der Waals surface area contributed by atoms with Gasteiger partial charge in [-0.15, -0.1) is 0 Å². The summed E-state index contributed by atoms with van der Waals surface area (Å²) in [6, 6.07) is 6.48. The molecule has 1 amide bonds. The molecular formula is C15H21FN2O. The van der Waals surface area contributed by atoms with Crippen LogP contribution in [0.3, 0.4) is 0 Å². The number of carbonyl (C=O) groups excluding carboxylic acids is 1. The van der Waals surface area contributed by atoms with Gasteiger partial charge in [-0.1, -0.05) is 13.0 Å². The molecule has 0 aromatic heterocycles. The van der Waals surface area contributed by atoms with Gasteiger partial charge in [0, 0.05) is 37.8 Å². The third kappa shape index (κ3) is 3.32. The number of benzene rings is 1. The SMILES string of the molecule is CCC(C)N1CCN(C(=O)c2cccc(F)c2)CC1. The monoisotopic (exact) mass is 264 g/mol. The van der Waals surface area contributed by atoms with Gasteiger partial charge in [0.15, 0.2) is 0 Å². The topological polar surface area (TPSA) is 23.6 Å². The molecule has 1 aromatic rings. The predicted octanol–water partition coefficient (Wildman–Crippen LogP) is 2.38. The van der Waals surface area contributed by atoms with E-state index in [0.29, 0.717) is 11.6 Å². The van der Waals surface area contributed by atoms with Crippen molar-refractivity contribution in [1.29, 1.82) is 0 Å². The van der Waals surface area contributed by atoms with Gasteiger partial charge in [0.2, 0.25) is 0 Å². The van der Waals surface area contributed by atoms with E-state index in [9.17, 15) is 9.18 Å². The highest BCUT2D eigenvalue weighted by Gasteiger charge is 2.24. The van der Waals surface area contributed by atoms with E-state index in [0.717, 1.165) is 32.6 Å². The quantitative estimate of drug-likeness (QED) is 0.837. The lowest BCUT2D eigenvalue weighted by molar-refractivity contribution is 0.0579. The average Bonchev–Trinajstić information content (AvgIpc) is 2.46. The largest absolute Gasteiger partial charge is 0.336 e. The van der Waals surface area contributed by atoms with E-state index in [4.69, 9.17) is 0 Å². The Morgan fingerprint density at radius 2 is 2.00 bits per heavy atom. The minimum absolute atomic E-state index is 0.0664. The lowest BCUT2D eigenvalue weighted by Gasteiger charge is -2.37. The Bertz CT molecular complexity index is 442. The maximum atomic E-state index is 13.1. The molecule has 1 heterocycles. The molecule has 104 valence electrons. The highest BCUT2D eigenvalue weighted by molar-refractivity contribution is 5.94. The number of piperazine rings is 1. The molecule has 0 N–H and O–H groups in total. The Balaban J connectivity index is 1.96. The number of nitrogens with zero attached hydrogens (tertiary/aromatic N) is 2. The van der Waals surface area contributed by atoms with Crippen molar-refractivity contribution in [2.45, 2.75) is 26.3 Å². The van der Waals surface area contributed by atoms with Crippen molar-refractivity contribution in [2.24, 2.45) is 0 Å². The van der Waals surface area contributed by atoms with Crippen molar-refractivity contribution in [3.63, 3.8) is 0 Å². The summed E-state index contributed by atoms with van der Waals surface area (Å²) in [5.74, 6) is -0.424. The zero-order chi connectivity index (χ0) is 13.8. The molecule has 1 aliphatic rings. The summed E-state index contributed by atoms with van der Waals surface area (Å²) in [7, 11) is 0. The Morgan fingerprint density at radius 1 is 1.32 bits per heavy atom. The van der Waals surface area contributed by atoms with Crippen molar-refractivity contribution >= 4 is 5.91 Å². The van der Waals surface area contributed by atoms with E-state index in [2.05, 4.69) is 18.7 Å². The molecule has 1 unspecified atom stereocenters. The number of rotatable bonds is 3. The molecule has 2 rings (SSSR count). The highest BCUT2D eigenvalue weighted by atomic mass is 19.1. The molecule has 1 saturated heterocycles. The molecule has 19 heavy (non-hydrogen) atoms. The van der Waals surface area contributed by atoms with Crippen molar-refractivity contribution in [1.82, 2.24) is 9.80 Å². The number of hydrogen-bond acceptors (Lipinski definition) is 2. The van der Waals surface area contributed by atoms with E-state index in [1.165, 1.54) is 12.1 Å². The average molecular weight is 264 g/mol. The molecule has 1 aliphatic heterocycles. The first kappa shape index (κ1) is 14.0. The van der Waals surface area contributed by atoms with Crippen LogP contribution in [0, 0.1) is 5.82 Å². The molecule has 4 heteroatoms. The molecule has 0 radical (unpaired) electrons. The second-order valence-corrected chi connectivity index (χ2v) is 5.10. The van der Waals surface area contributed by atoms with Gasteiger partial charge in [0.1, 0.15) is 5.82 Å². The van der Waals surface area contributed by atoms with Gasteiger partial charge in [0.05, 0.1) is 0 Å². The number of halogens is 1. The zero-order valence-electron chi connectivity index (χ0n) is 11.6. The molecule has 0 bridgehead atoms. The fourth-order valence-electron chi connectivity index (χ4n) is 2.43. The Kier molecular flexibility index (Phi) is 4.53. The maximum absolute atomic E-state index is 13.1. The van der Waals surface area contributed by atoms with Crippen LogP contribution >= 0.6 is 0 Å². The van der Waals surface area contributed by atoms with Gasteiger partial charge < -0.3 is 4.90 Å². The normalized spacial score (nSPS) is 18.4. The molecular weight excluding hydrogens is 243 g/mol. The van der Waals surface area contributed by atoms with E-state index >= 15 is 0 Å². The van der Waals surface area contributed by atoms with Gasteiger partial charge in [-0.3, -0.25) is 9.69 Å². The van der Waals surface area contributed by atoms with Crippen LogP contribution in [0.15, 0.2) is 24.3 Å². The smallest absolute Gasteiger partial charge is 0.254 e. The fraction of sp³-hybridized carbons (Fsp3) is 0.533. The van der Waals surface area contributed by atoms with Crippen molar-refractivity contribution in [3.8, 4) is 0 Å². The summed E-state index contributed by atoms with van der Waals surface area (Å²) >= 11 is 0. The van der Waals surface area contributed by atoms with Crippen molar-refractivity contribution in [2.75, 3.05) is 26.2 Å². The molecule has 1 fully saturated rings. The number of carbonyl (C=O) groups is 1. The van der Waals surface area contributed by atoms with Gasteiger partial charge in [-0.25, -0.2) is 4.39 Å². The first-order valence-electron chi connectivity index (χ1n) is 6.90. The fourth-order valence-corrected chi connectivity index (χ4v) is 2.43. The third-order valence-electron chi connectivity index (χ3n) is 3.89. The van der Waals surface area contributed by atoms with E-state index in [1.54, 1.807) is 12.1 Å². The predicted molar refractivity (Wildman–Crippen MR) is 73.6 cm³/mol. The highest BCUT2D eigenvalue weighted by Crippen LogP contribution is 2.12. The van der Waals surface area contributed by atoms with Crippen LogP contribution in [-0.4, -0.2) is 47.9 Å². The summed E-state index contributed by atoms with van der Waals surface area (Å²) in [4.78, 5) is 16.5. The van der Waals surface area contributed by atoms with Crippen LogP contribution in [0.5, 0.6) is 0 Å². The van der Waals surface area contributed by atoms with Crippen LogP contribution in [0.2, 0.25) is 0 Å². The van der Waals surface area contributed by atoms with Crippen molar-refractivity contribution in [3.05, 3.63) is 35.6 Å². The molecule has 0 spiro atoms. The molecule has 1 atom stereocenters. The maximum Gasteiger partial charge on any atom is 0.254 e. The standard InChI is InChI=1S/C15H21FN2O/c1-3-12(2)17-7-9-18(10-8-17)15(19)13-5-4-6-14(16)11-13/h4-6,11-12H,3,7-10H2,1-2H3. The van der Waals surface area contributed by atoms with Crippen LogP contribution < -0.4 is 0 Å². The first-order valence-corrected chi connectivity index (χ1v) is 6.90. The summed E-state index contributed by atoms with van der Waals surface area (Å²) < 4.78 is 13.1. The van der Waals surface area contributed by atoms with Gasteiger partial charge in [-0.05, 0) is 31.5 Å². The Hall–Kier alpha value is -1.42. The van der Waals surface area contributed by atoms with Gasteiger partial charge >= 0.3 is 0 Å². The lowest BCUT2D eigenvalue weighted by atomic mass is 10.1. The van der Waals surface area contributed by atoms with Crippen molar-refractivity contribution < 1.29 is 9.18 Å². The third-order valence-corrected chi connectivity index (χ3v) is 3.89. The number of hydrogen-bond donors (Lipinski definition) is 0. The van der Waals surface area contributed by atoms with Crippen LogP contribution in [0.4, 0.5) is 4.39 Å². The van der Waals surface area contributed by atoms with Crippen LogP contribution in [0.1, 0.15) is 30.6 Å². The Labute approximate surface area is 114 Å². The Morgan fingerprint density at radius 3 is 2.58 bits per heavy atom. The zero-order valence-corrected chi connectivity index (χ0v) is 11.6. The van der Waals surface area contributed by atoms with Gasteiger partial charge in [0.25, 0.3) is 5.91 Å².